The lowest BCUT2D eigenvalue weighted by molar-refractivity contribution is -0.138. The molecule has 0 bridgehead atoms. The first-order chi connectivity index (χ1) is 14.2. The molecule has 158 valence electrons. The number of nitrogens with zero attached hydrogens (tertiary/aromatic N) is 7. The molecule has 0 aliphatic carbocycles. The Morgan fingerprint density at radius 1 is 0.867 bits per heavy atom. The highest BCUT2D eigenvalue weighted by Crippen LogP contribution is 2.31. The van der Waals surface area contributed by atoms with Gasteiger partial charge in [0.2, 0.25) is 0 Å². The Morgan fingerprint density at radius 3 is 2.13 bits per heavy atom. The second kappa shape index (κ2) is 7.54. The number of pyridine rings is 1. The number of aryl methyl sites for hydroxylation is 2. The van der Waals surface area contributed by atoms with E-state index in [9.17, 15) is 17.6 Å². The lowest BCUT2D eigenvalue weighted by Crippen LogP contribution is -2.47. The van der Waals surface area contributed by atoms with Crippen molar-refractivity contribution in [1.29, 1.82) is 0 Å². The highest BCUT2D eigenvalue weighted by molar-refractivity contribution is 5.48. The summed E-state index contributed by atoms with van der Waals surface area (Å²) in [4.78, 5) is 16.0. The Labute approximate surface area is 170 Å². The zero-order valence-corrected chi connectivity index (χ0v) is 16.4. The predicted octanol–water partition coefficient (Wildman–Crippen LogP) is 3.16. The van der Waals surface area contributed by atoms with Gasteiger partial charge in [-0.25, -0.2) is 24.0 Å². The number of piperazine rings is 1. The maximum atomic E-state index is 14.2. The van der Waals surface area contributed by atoms with Crippen molar-refractivity contribution in [3.8, 4) is 5.82 Å². The van der Waals surface area contributed by atoms with Gasteiger partial charge in [0.05, 0.1) is 11.3 Å². The van der Waals surface area contributed by atoms with Gasteiger partial charge in [0, 0.05) is 44.1 Å². The molecule has 0 spiro atoms. The molecule has 0 amide bonds. The van der Waals surface area contributed by atoms with E-state index in [-0.39, 0.29) is 5.82 Å². The van der Waals surface area contributed by atoms with Gasteiger partial charge in [-0.2, -0.15) is 18.3 Å². The molecule has 1 aliphatic rings. The van der Waals surface area contributed by atoms with Crippen LogP contribution in [0.1, 0.15) is 17.0 Å². The minimum atomic E-state index is -4.62. The second-order valence-electron chi connectivity index (χ2n) is 7.07. The number of halogens is 4. The van der Waals surface area contributed by atoms with E-state index in [4.69, 9.17) is 0 Å². The molecule has 3 aromatic rings. The van der Waals surface area contributed by atoms with Crippen LogP contribution in [0.4, 0.5) is 29.2 Å². The summed E-state index contributed by atoms with van der Waals surface area (Å²) in [6.07, 6.45) is -2.50. The van der Waals surface area contributed by atoms with Gasteiger partial charge < -0.3 is 9.80 Å². The zero-order valence-electron chi connectivity index (χ0n) is 16.4. The number of alkyl halides is 3. The molecule has 0 aromatic carbocycles. The Morgan fingerprint density at radius 2 is 1.53 bits per heavy atom. The third-order valence-electron chi connectivity index (χ3n) is 4.92. The second-order valence-corrected chi connectivity index (χ2v) is 7.07. The predicted molar refractivity (Wildman–Crippen MR) is 102 cm³/mol. The molecule has 7 nitrogen and oxygen atoms in total. The largest absolute Gasteiger partial charge is 0.417 e. The van der Waals surface area contributed by atoms with Gasteiger partial charge in [-0.05, 0) is 26.0 Å². The molecule has 4 rings (SSSR count). The minimum Gasteiger partial charge on any atom is -0.353 e. The first kappa shape index (κ1) is 20.0. The van der Waals surface area contributed by atoms with Gasteiger partial charge in [0.15, 0.2) is 17.5 Å². The number of rotatable bonds is 3. The van der Waals surface area contributed by atoms with E-state index in [2.05, 4.69) is 20.1 Å². The van der Waals surface area contributed by atoms with Crippen molar-refractivity contribution in [2.45, 2.75) is 20.0 Å². The van der Waals surface area contributed by atoms with Crippen LogP contribution < -0.4 is 9.80 Å². The van der Waals surface area contributed by atoms with Gasteiger partial charge >= 0.3 is 6.18 Å². The average molecular weight is 421 g/mol. The average Bonchev–Trinajstić information content (AvgIpc) is 3.05. The molecule has 3 aromatic heterocycles. The standard InChI is InChI=1S/C19H19F4N7/c1-12-7-13(2)30(27-12)17-9-16(25-11-26-17)28-3-5-29(6-4-28)18-15(20)8-14(10-24-18)19(21,22)23/h7-11H,3-6H2,1-2H3. The van der Waals surface area contributed by atoms with Gasteiger partial charge in [-0.3, -0.25) is 0 Å². The molecule has 0 radical (unpaired) electrons. The van der Waals surface area contributed by atoms with E-state index >= 15 is 0 Å². The summed E-state index contributed by atoms with van der Waals surface area (Å²) < 4.78 is 54.1. The minimum absolute atomic E-state index is 0.0753. The van der Waals surface area contributed by atoms with Gasteiger partial charge in [0.25, 0.3) is 0 Å². The van der Waals surface area contributed by atoms with Crippen LogP contribution >= 0.6 is 0 Å². The van der Waals surface area contributed by atoms with Crippen LogP contribution in [0.25, 0.3) is 5.82 Å². The monoisotopic (exact) mass is 421 g/mol. The van der Waals surface area contributed by atoms with Crippen molar-refractivity contribution in [1.82, 2.24) is 24.7 Å². The summed E-state index contributed by atoms with van der Waals surface area (Å²) in [6, 6.07) is 4.26. The molecule has 30 heavy (non-hydrogen) atoms. The molecule has 0 atom stereocenters. The van der Waals surface area contributed by atoms with Crippen LogP contribution in [-0.2, 0) is 6.18 Å². The van der Waals surface area contributed by atoms with Crippen molar-refractivity contribution in [3.63, 3.8) is 0 Å². The van der Waals surface area contributed by atoms with E-state index < -0.39 is 17.6 Å². The smallest absolute Gasteiger partial charge is 0.353 e. The van der Waals surface area contributed by atoms with Crippen LogP contribution in [0.3, 0.4) is 0 Å². The fourth-order valence-corrected chi connectivity index (χ4v) is 3.45. The topological polar surface area (TPSA) is 63.0 Å². The molecule has 0 N–H and O–H groups in total. The fourth-order valence-electron chi connectivity index (χ4n) is 3.45. The summed E-state index contributed by atoms with van der Waals surface area (Å²) in [5.74, 6) is 0.289. The first-order valence-electron chi connectivity index (χ1n) is 9.31. The normalized spacial score (nSPS) is 15.0. The van der Waals surface area contributed by atoms with Crippen LogP contribution in [-0.4, -0.2) is 50.9 Å². The number of hydrogen-bond donors (Lipinski definition) is 0. The fraction of sp³-hybridized carbons (Fsp3) is 0.368. The van der Waals surface area contributed by atoms with E-state index in [0.717, 1.165) is 11.4 Å². The number of anilines is 2. The molecule has 0 unspecified atom stereocenters. The van der Waals surface area contributed by atoms with Gasteiger partial charge in [-0.15, -0.1) is 0 Å². The zero-order chi connectivity index (χ0) is 21.5. The maximum absolute atomic E-state index is 14.2. The van der Waals surface area contributed by atoms with Crippen LogP contribution in [0.5, 0.6) is 0 Å². The molecule has 0 saturated carbocycles. The SMILES string of the molecule is Cc1cc(C)n(-c2cc(N3CCN(c4ncc(C(F)(F)F)cc4F)CC3)ncn2)n1. The van der Waals surface area contributed by atoms with Crippen LogP contribution in [0.15, 0.2) is 30.7 Å². The highest BCUT2D eigenvalue weighted by Gasteiger charge is 2.32. The quantitative estimate of drug-likeness (QED) is 0.606. The lowest BCUT2D eigenvalue weighted by atomic mass is 10.2. The summed E-state index contributed by atoms with van der Waals surface area (Å²) in [6.45, 7) is 5.65. The van der Waals surface area contributed by atoms with E-state index in [1.165, 1.54) is 6.33 Å². The Hall–Kier alpha value is -3.24. The Balaban J connectivity index is 1.48. The number of hydrogen-bond acceptors (Lipinski definition) is 6. The van der Waals surface area contributed by atoms with Crippen LogP contribution in [0, 0.1) is 19.7 Å². The summed E-state index contributed by atoms with van der Waals surface area (Å²) in [5.41, 5.74) is 0.734. The number of aromatic nitrogens is 5. The van der Waals surface area contributed by atoms with Crippen molar-refractivity contribution in [2.75, 3.05) is 36.0 Å². The molecule has 11 heteroatoms. The van der Waals surface area contributed by atoms with E-state index in [1.807, 2.05) is 30.9 Å². The molecular weight excluding hydrogens is 402 g/mol. The third kappa shape index (κ3) is 3.91. The Bertz CT molecular complexity index is 1060. The summed E-state index contributed by atoms with van der Waals surface area (Å²) in [5, 5.41) is 4.42. The van der Waals surface area contributed by atoms with Crippen molar-refractivity contribution >= 4 is 11.6 Å². The van der Waals surface area contributed by atoms with Crippen LogP contribution in [0.2, 0.25) is 0 Å². The summed E-state index contributed by atoms with van der Waals surface area (Å²) in [7, 11) is 0. The van der Waals surface area contributed by atoms with Crippen molar-refractivity contribution in [3.05, 3.63) is 53.5 Å². The van der Waals surface area contributed by atoms with E-state index in [0.29, 0.717) is 50.1 Å². The maximum Gasteiger partial charge on any atom is 0.417 e. The van der Waals surface area contributed by atoms with Gasteiger partial charge in [-0.1, -0.05) is 0 Å². The van der Waals surface area contributed by atoms with Crippen molar-refractivity contribution < 1.29 is 17.6 Å². The molecule has 1 fully saturated rings. The molecule has 1 saturated heterocycles. The van der Waals surface area contributed by atoms with Crippen molar-refractivity contribution in [2.24, 2.45) is 0 Å². The highest BCUT2D eigenvalue weighted by atomic mass is 19.4. The lowest BCUT2D eigenvalue weighted by Gasteiger charge is -2.36. The molecule has 4 heterocycles. The Kier molecular flexibility index (Phi) is 5.04. The first-order valence-corrected chi connectivity index (χ1v) is 9.31. The molecule has 1 aliphatic heterocycles. The molecular formula is C19H19F4N7. The summed E-state index contributed by atoms with van der Waals surface area (Å²) >= 11 is 0. The van der Waals surface area contributed by atoms with Gasteiger partial charge in [0.1, 0.15) is 12.1 Å². The van der Waals surface area contributed by atoms with E-state index in [1.54, 1.807) is 9.58 Å². The third-order valence-corrected chi connectivity index (χ3v) is 4.92.